The Kier molecular flexibility index (Phi) is 9.78. The Morgan fingerprint density at radius 1 is 1.07 bits per heavy atom. The van der Waals surface area contributed by atoms with Gasteiger partial charge in [0.15, 0.2) is 0 Å². The Bertz CT molecular complexity index is 837. The molecule has 0 saturated carbocycles. The molecule has 0 heterocycles. The van der Waals surface area contributed by atoms with E-state index in [1.165, 1.54) is 22.8 Å². The van der Waals surface area contributed by atoms with E-state index in [4.69, 9.17) is 4.74 Å². The zero-order chi connectivity index (χ0) is 21.9. The molecule has 4 heteroatoms. The van der Waals surface area contributed by atoms with E-state index in [-0.39, 0.29) is 19.1 Å². The van der Waals surface area contributed by atoms with Gasteiger partial charge in [-0.3, -0.25) is 0 Å². The first-order valence-electron chi connectivity index (χ1n) is 10.7. The second kappa shape index (κ2) is 12.3. The minimum atomic E-state index is -0.421. The van der Waals surface area contributed by atoms with Crippen LogP contribution in [0.1, 0.15) is 42.0 Å². The van der Waals surface area contributed by atoms with E-state index in [2.05, 4.69) is 56.8 Å². The van der Waals surface area contributed by atoms with Crippen LogP contribution in [-0.4, -0.2) is 36.0 Å². The molecule has 0 spiro atoms. The number of aliphatic hydroxyl groups excluding tert-OH is 2. The molecule has 2 aromatic rings. The first kappa shape index (κ1) is 23.8. The van der Waals surface area contributed by atoms with Crippen molar-refractivity contribution in [2.45, 2.75) is 46.0 Å². The van der Waals surface area contributed by atoms with Gasteiger partial charge in [-0.05, 0) is 59.6 Å². The third-order valence-electron chi connectivity index (χ3n) is 5.47. The molecule has 0 aliphatic rings. The number of carbonyl (C=O) groups is 1. The van der Waals surface area contributed by atoms with Gasteiger partial charge in [0.25, 0.3) is 0 Å². The quantitative estimate of drug-likeness (QED) is 0.402. The van der Waals surface area contributed by atoms with Gasteiger partial charge in [-0.15, -0.1) is 0 Å². The monoisotopic (exact) mass is 410 g/mol. The Morgan fingerprint density at radius 2 is 1.83 bits per heavy atom. The van der Waals surface area contributed by atoms with Gasteiger partial charge in [0.05, 0.1) is 6.61 Å². The zero-order valence-corrected chi connectivity index (χ0v) is 18.2. The Labute approximate surface area is 180 Å². The third-order valence-corrected chi connectivity index (χ3v) is 5.47. The molecule has 0 unspecified atom stereocenters. The summed E-state index contributed by atoms with van der Waals surface area (Å²) < 4.78 is 5.19. The highest BCUT2D eigenvalue weighted by atomic mass is 16.5. The molecule has 30 heavy (non-hydrogen) atoms. The second-order valence-electron chi connectivity index (χ2n) is 7.77. The first-order valence-corrected chi connectivity index (χ1v) is 10.7. The molecule has 0 bridgehead atoms. The molecule has 0 aliphatic carbocycles. The molecule has 2 aromatic carbocycles. The lowest BCUT2D eigenvalue weighted by Crippen LogP contribution is -2.13. The van der Waals surface area contributed by atoms with E-state index < -0.39 is 5.97 Å². The van der Waals surface area contributed by atoms with Crippen molar-refractivity contribution < 1.29 is 19.7 Å². The van der Waals surface area contributed by atoms with Gasteiger partial charge in [-0.1, -0.05) is 56.3 Å². The van der Waals surface area contributed by atoms with Gasteiger partial charge < -0.3 is 14.9 Å². The van der Waals surface area contributed by atoms with Gasteiger partial charge in [0.2, 0.25) is 0 Å². The molecule has 2 N–H and O–H groups in total. The highest BCUT2D eigenvalue weighted by Crippen LogP contribution is 2.28. The minimum Gasteiger partial charge on any atom is -0.462 e. The Morgan fingerprint density at radius 3 is 2.47 bits per heavy atom. The van der Waals surface area contributed by atoms with Gasteiger partial charge in [0, 0.05) is 31.6 Å². The summed E-state index contributed by atoms with van der Waals surface area (Å²) in [7, 11) is 0. The van der Waals surface area contributed by atoms with Crippen molar-refractivity contribution in [2.75, 3.05) is 19.8 Å². The number of hydrogen-bond donors (Lipinski definition) is 2. The van der Waals surface area contributed by atoms with Crippen LogP contribution in [0.25, 0.3) is 11.1 Å². The SMILES string of the molecule is C=CC(=O)OCCc1cc(-c2ccc(CCC)cc2C)ccc1CCC(CO)CO. The number of aryl methyl sites for hydroxylation is 3. The normalized spacial score (nSPS) is 11.0. The van der Waals surface area contributed by atoms with Gasteiger partial charge in [-0.25, -0.2) is 4.79 Å². The molecule has 162 valence electrons. The number of rotatable bonds is 12. The van der Waals surface area contributed by atoms with E-state index in [1.807, 2.05) is 0 Å². The van der Waals surface area contributed by atoms with Crippen LogP contribution in [-0.2, 0) is 28.8 Å². The summed E-state index contributed by atoms with van der Waals surface area (Å²) in [6.45, 7) is 8.00. The number of ether oxygens (including phenoxy) is 1. The van der Waals surface area contributed by atoms with Crippen LogP contribution >= 0.6 is 0 Å². The molecular weight excluding hydrogens is 376 g/mol. The molecule has 0 radical (unpaired) electrons. The minimum absolute atomic E-state index is 0.0236. The maximum absolute atomic E-state index is 11.4. The fraction of sp³-hybridized carbons (Fsp3) is 0.423. The Balaban J connectivity index is 2.28. The smallest absolute Gasteiger partial charge is 0.330 e. The van der Waals surface area contributed by atoms with Gasteiger partial charge >= 0.3 is 5.97 Å². The fourth-order valence-corrected chi connectivity index (χ4v) is 3.68. The molecular formula is C26H34O4. The molecule has 0 aliphatic heterocycles. The standard InChI is InChI=1S/C26H34O4/c1-4-6-20-8-12-25(19(3)15-20)24-11-10-22(9-7-21(17-27)18-28)23(16-24)13-14-30-26(29)5-2/h5,8,10-12,15-16,21,27-28H,2,4,6-7,9,13-14,17-18H2,1,3H3. The van der Waals surface area contributed by atoms with Crippen molar-refractivity contribution in [3.63, 3.8) is 0 Å². The van der Waals surface area contributed by atoms with E-state index in [1.54, 1.807) is 0 Å². The molecule has 0 fully saturated rings. The van der Waals surface area contributed by atoms with Crippen LogP contribution < -0.4 is 0 Å². The van der Waals surface area contributed by atoms with Crippen molar-refractivity contribution in [3.8, 4) is 11.1 Å². The number of hydrogen-bond acceptors (Lipinski definition) is 4. The van der Waals surface area contributed by atoms with Crippen molar-refractivity contribution in [3.05, 3.63) is 71.3 Å². The zero-order valence-electron chi connectivity index (χ0n) is 18.2. The average molecular weight is 411 g/mol. The number of esters is 1. The Hall–Kier alpha value is -2.43. The van der Waals surface area contributed by atoms with Crippen molar-refractivity contribution in [1.82, 2.24) is 0 Å². The highest BCUT2D eigenvalue weighted by Gasteiger charge is 2.12. The van der Waals surface area contributed by atoms with Crippen LogP contribution in [0.5, 0.6) is 0 Å². The van der Waals surface area contributed by atoms with Crippen LogP contribution in [0, 0.1) is 12.8 Å². The van der Waals surface area contributed by atoms with E-state index in [0.29, 0.717) is 19.4 Å². The number of benzene rings is 2. The summed E-state index contributed by atoms with van der Waals surface area (Å²) in [4.78, 5) is 11.4. The predicted octanol–water partition coefficient (Wildman–Crippen LogP) is 4.42. The highest BCUT2D eigenvalue weighted by molar-refractivity contribution is 5.81. The first-order chi connectivity index (χ1) is 14.5. The molecule has 4 nitrogen and oxygen atoms in total. The maximum Gasteiger partial charge on any atom is 0.330 e. The van der Waals surface area contributed by atoms with Crippen LogP contribution in [0.15, 0.2) is 49.1 Å². The van der Waals surface area contributed by atoms with Crippen molar-refractivity contribution in [2.24, 2.45) is 5.92 Å². The van der Waals surface area contributed by atoms with Gasteiger partial charge in [-0.2, -0.15) is 0 Å². The van der Waals surface area contributed by atoms with Crippen LogP contribution in [0.3, 0.4) is 0 Å². The lowest BCUT2D eigenvalue weighted by molar-refractivity contribution is -0.137. The van der Waals surface area contributed by atoms with E-state index >= 15 is 0 Å². The summed E-state index contributed by atoms with van der Waals surface area (Å²) in [6, 6.07) is 13.1. The summed E-state index contributed by atoms with van der Waals surface area (Å²) in [5.41, 5.74) is 7.22. The largest absolute Gasteiger partial charge is 0.462 e. The second-order valence-corrected chi connectivity index (χ2v) is 7.77. The molecule has 0 atom stereocenters. The van der Waals surface area contributed by atoms with Gasteiger partial charge in [0.1, 0.15) is 0 Å². The topological polar surface area (TPSA) is 66.8 Å². The molecule has 2 rings (SSSR count). The van der Waals surface area contributed by atoms with Crippen LogP contribution in [0.4, 0.5) is 0 Å². The number of aliphatic hydroxyl groups is 2. The summed E-state index contributed by atoms with van der Waals surface area (Å²) in [5.74, 6) is -0.542. The molecule has 0 aromatic heterocycles. The summed E-state index contributed by atoms with van der Waals surface area (Å²) in [6.07, 6.45) is 5.45. The summed E-state index contributed by atoms with van der Waals surface area (Å²) >= 11 is 0. The third kappa shape index (κ3) is 6.82. The molecule has 0 amide bonds. The fourth-order valence-electron chi connectivity index (χ4n) is 3.68. The van der Waals surface area contributed by atoms with Crippen molar-refractivity contribution >= 4 is 5.97 Å². The van der Waals surface area contributed by atoms with Crippen LogP contribution in [0.2, 0.25) is 0 Å². The lowest BCUT2D eigenvalue weighted by Gasteiger charge is -2.16. The van der Waals surface area contributed by atoms with Crippen molar-refractivity contribution in [1.29, 1.82) is 0 Å². The lowest BCUT2D eigenvalue weighted by atomic mass is 9.91. The average Bonchev–Trinajstić information content (AvgIpc) is 2.75. The predicted molar refractivity (Wildman–Crippen MR) is 121 cm³/mol. The van der Waals surface area contributed by atoms with E-state index in [9.17, 15) is 15.0 Å². The molecule has 0 saturated heterocycles. The van der Waals surface area contributed by atoms with E-state index in [0.717, 1.165) is 36.0 Å². The number of carbonyl (C=O) groups excluding carboxylic acids is 1. The summed E-state index contributed by atoms with van der Waals surface area (Å²) in [5, 5.41) is 18.7. The maximum atomic E-state index is 11.4.